The highest BCUT2D eigenvalue weighted by molar-refractivity contribution is 5.95. The minimum absolute atomic E-state index is 0.103. The lowest BCUT2D eigenvalue weighted by molar-refractivity contribution is -0.0311. The molecule has 1 fully saturated rings. The first-order valence-electron chi connectivity index (χ1n) is 6.17. The maximum absolute atomic E-state index is 12.6. The molecule has 0 radical (unpaired) electrons. The van der Waals surface area contributed by atoms with Crippen LogP contribution in [0.2, 0.25) is 0 Å². The molecule has 1 amide bonds. The first-order valence-corrected chi connectivity index (χ1v) is 6.17. The molecule has 2 heterocycles. The van der Waals surface area contributed by atoms with Crippen molar-refractivity contribution < 1.29 is 18.3 Å². The van der Waals surface area contributed by atoms with E-state index >= 15 is 0 Å². The zero-order valence-electron chi connectivity index (χ0n) is 10.7. The van der Waals surface area contributed by atoms with Gasteiger partial charge in [0.15, 0.2) is 0 Å². The van der Waals surface area contributed by atoms with Gasteiger partial charge in [-0.05, 0) is 6.07 Å². The summed E-state index contributed by atoms with van der Waals surface area (Å²) in [5.74, 6) is 0.731. The zero-order valence-corrected chi connectivity index (χ0v) is 10.7. The SMILES string of the molecule is CC(C)c1occc1C(=O)N1CCO[C@@H](CF)C1. The molecule has 1 atom stereocenters. The van der Waals surface area contributed by atoms with Crippen molar-refractivity contribution in [2.24, 2.45) is 0 Å². The largest absolute Gasteiger partial charge is 0.468 e. The van der Waals surface area contributed by atoms with E-state index in [9.17, 15) is 9.18 Å². The maximum Gasteiger partial charge on any atom is 0.257 e. The minimum Gasteiger partial charge on any atom is -0.468 e. The molecule has 1 saturated heterocycles. The Morgan fingerprint density at radius 1 is 1.61 bits per heavy atom. The minimum atomic E-state index is -0.563. The van der Waals surface area contributed by atoms with Gasteiger partial charge in [-0.25, -0.2) is 4.39 Å². The van der Waals surface area contributed by atoms with Crippen molar-refractivity contribution in [1.82, 2.24) is 4.90 Å². The lowest BCUT2D eigenvalue weighted by Crippen LogP contribution is -2.46. The summed E-state index contributed by atoms with van der Waals surface area (Å²) in [6.45, 7) is 4.57. The highest BCUT2D eigenvalue weighted by Gasteiger charge is 2.27. The smallest absolute Gasteiger partial charge is 0.257 e. The Bertz CT molecular complexity index is 416. The number of morpholine rings is 1. The quantitative estimate of drug-likeness (QED) is 0.831. The number of carbonyl (C=O) groups excluding carboxylic acids is 1. The molecule has 0 N–H and O–H groups in total. The number of rotatable bonds is 3. The van der Waals surface area contributed by atoms with Crippen LogP contribution in [0.15, 0.2) is 16.7 Å². The molecule has 4 nitrogen and oxygen atoms in total. The summed E-state index contributed by atoms with van der Waals surface area (Å²) >= 11 is 0. The summed E-state index contributed by atoms with van der Waals surface area (Å²) in [6.07, 6.45) is 1.02. The normalized spacial score (nSPS) is 20.4. The monoisotopic (exact) mass is 255 g/mol. The lowest BCUT2D eigenvalue weighted by atomic mass is 10.1. The predicted molar refractivity (Wildman–Crippen MR) is 64.4 cm³/mol. The van der Waals surface area contributed by atoms with Gasteiger partial charge < -0.3 is 14.1 Å². The van der Waals surface area contributed by atoms with Crippen molar-refractivity contribution >= 4 is 5.91 Å². The van der Waals surface area contributed by atoms with Gasteiger partial charge in [0.1, 0.15) is 18.5 Å². The molecule has 18 heavy (non-hydrogen) atoms. The molecule has 100 valence electrons. The number of furan rings is 1. The third-order valence-electron chi connectivity index (χ3n) is 3.05. The maximum atomic E-state index is 12.6. The van der Waals surface area contributed by atoms with Gasteiger partial charge >= 0.3 is 0 Å². The second-order valence-corrected chi connectivity index (χ2v) is 4.75. The van der Waals surface area contributed by atoms with Crippen LogP contribution in [0.5, 0.6) is 0 Å². The molecule has 2 rings (SSSR count). The van der Waals surface area contributed by atoms with Gasteiger partial charge in [-0.3, -0.25) is 4.79 Å². The lowest BCUT2D eigenvalue weighted by Gasteiger charge is -2.31. The fourth-order valence-electron chi connectivity index (χ4n) is 2.11. The van der Waals surface area contributed by atoms with Crippen molar-refractivity contribution in [1.29, 1.82) is 0 Å². The molecule has 0 aromatic carbocycles. The molecular formula is C13H18FNO3. The number of amides is 1. The standard InChI is InChI=1S/C13H18FNO3/c1-9(2)12-11(3-5-18-12)13(16)15-4-6-17-10(7-14)8-15/h3,5,9-10H,4,6-8H2,1-2H3/t10-/m0/s1. The van der Waals surface area contributed by atoms with Crippen molar-refractivity contribution in [3.8, 4) is 0 Å². The summed E-state index contributed by atoms with van der Waals surface area (Å²) in [5, 5.41) is 0. The Balaban J connectivity index is 2.13. The fourth-order valence-corrected chi connectivity index (χ4v) is 2.11. The first-order chi connectivity index (χ1) is 8.63. The van der Waals surface area contributed by atoms with Gasteiger partial charge in [-0.15, -0.1) is 0 Å². The topological polar surface area (TPSA) is 42.7 Å². The van der Waals surface area contributed by atoms with Crippen LogP contribution in [0, 0.1) is 0 Å². The van der Waals surface area contributed by atoms with Gasteiger partial charge in [-0.1, -0.05) is 13.8 Å². The van der Waals surface area contributed by atoms with Gasteiger partial charge in [-0.2, -0.15) is 0 Å². The van der Waals surface area contributed by atoms with Crippen LogP contribution >= 0.6 is 0 Å². The number of nitrogens with zero attached hydrogens (tertiary/aromatic N) is 1. The number of ether oxygens (including phenoxy) is 1. The van der Waals surface area contributed by atoms with Crippen molar-refractivity contribution in [2.45, 2.75) is 25.9 Å². The second-order valence-electron chi connectivity index (χ2n) is 4.75. The molecule has 5 heteroatoms. The van der Waals surface area contributed by atoms with E-state index < -0.39 is 12.8 Å². The molecule has 0 spiro atoms. The van der Waals surface area contributed by atoms with Gasteiger partial charge in [0.25, 0.3) is 5.91 Å². The van der Waals surface area contributed by atoms with E-state index in [0.717, 1.165) is 0 Å². The predicted octanol–water partition coefficient (Wildman–Crippen LogP) is 2.21. The summed E-state index contributed by atoms with van der Waals surface area (Å²) in [5.41, 5.74) is 0.574. The van der Waals surface area contributed by atoms with Gasteiger partial charge in [0.2, 0.25) is 0 Å². The highest BCUT2D eigenvalue weighted by Crippen LogP contribution is 2.22. The average molecular weight is 255 g/mol. The van der Waals surface area contributed by atoms with Crippen LogP contribution < -0.4 is 0 Å². The summed E-state index contributed by atoms with van der Waals surface area (Å²) in [6, 6.07) is 1.68. The van der Waals surface area contributed by atoms with E-state index in [-0.39, 0.29) is 11.8 Å². The number of hydrogen-bond donors (Lipinski definition) is 0. The molecule has 1 aliphatic rings. The van der Waals surface area contributed by atoms with Crippen molar-refractivity contribution in [3.63, 3.8) is 0 Å². The summed E-state index contributed by atoms with van der Waals surface area (Å²) < 4.78 is 23.1. The van der Waals surface area contributed by atoms with E-state index in [0.29, 0.717) is 31.0 Å². The molecular weight excluding hydrogens is 237 g/mol. The summed E-state index contributed by atoms with van der Waals surface area (Å²) in [7, 11) is 0. The second kappa shape index (κ2) is 5.52. The number of hydrogen-bond acceptors (Lipinski definition) is 3. The van der Waals surface area contributed by atoms with Crippen LogP contribution in [-0.4, -0.2) is 43.3 Å². The molecule has 1 aromatic heterocycles. The van der Waals surface area contributed by atoms with E-state index in [4.69, 9.17) is 9.15 Å². The van der Waals surface area contributed by atoms with Crippen molar-refractivity contribution in [3.05, 3.63) is 23.7 Å². The van der Waals surface area contributed by atoms with E-state index in [2.05, 4.69) is 0 Å². The Hall–Kier alpha value is -1.36. The van der Waals surface area contributed by atoms with E-state index in [1.807, 2.05) is 13.8 Å². The number of halogens is 1. The van der Waals surface area contributed by atoms with E-state index in [1.54, 1.807) is 11.0 Å². The average Bonchev–Trinajstić information content (AvgIpc) is 2.87. The molecule has 1 aromatic rings. The number of carbonyl (C=O) groups is 1. The summed E-state index contributed by atoms with van der Waals surface area (Å²) in [4.78, 5) is 14.0. The van der Waals surface area contributed by atoms with Crippen molar-refractivity contribution in [2.75, 3.05) is 26.4 Å². The Morgan fingerprint density at radius 3 is 3.06 bits per heavy atom. The molecule has 1 aliphatic heterocycles. The van der Waals surface area contributed by atoms with Crippen LogP contribution in [0.4, 0.5) is 4.39 Å². The van der Waals surface area contributed by atoms with Gasteiger partial charge in [0, 0.05) is 19.0 Å². The molecule has 0 saturated carbocycles. The van der Waals surface area contributed by atoms with E-state index in [1.165, 1.54) is 6.26 Å². The molecule has 0 aliphatic carbocycles. The fraction of sp³-hybridized carbons (Fsp3) is 0.615. The third-order valence-corrected chi connectivity index (χ3v) is 3.05. The van der Waals surface area contributed by atoms with Crippen LogP contribution in [0.1, 0.15) is 35.9 Å². The zero-order chi connectivity index (χ0) is 13.1. The van der Waals surface area contributed by atoms with Crippen LogP contribution in [-0.2, 0) is 4.74 Å². The number of alkyl halides is 1. The molecule has 0 unspecified atom stereocenters. The third kappa shape index (κ3) is 2.56. The Morgan fingerprint density at radius 2 is 2.39 bits per heavy atom. The van der Waals surface area contributed by atoms with Gasteiger partial charge in [0.05, 0.1) is 18.4 Å². The molecule has 0 bridgehead atoms. The highest BCUT2D eigenvalue weighted by atomic mass is 19.1. The Labute approximate surface area is 106 Å². The van der Waals surface area contributed by atoms with Crippen LogP contribution in [0.25, 0.3) is 0 Å². The first kappa shape index (κ1) is 13.1. The Kier molecular flexibility index (Phi) is 4.01. The van der Waals surface area contributed by atoms with Crippen LogP contribution in [0.3, 0.4) is 0 Å².